The molecule has 0 heterocycles. The van der Waals surface area contributed by atoms with Gasteiger partial charge in [0, 0.05) is 0 Å². The van der Waals surface area contributed by atoms with Gasteiger partial charge < -0.3 is 15.3 Å². The van der Waals surface area contributed by atoms with Crippen LogP contribution in [0.25, 0.3) is 0 Å². The van der Waals surface area contributed by atoms with Crippen LogP contribution in [0.1, 0.15) is 0 Å². The average molecular weight is 125 g/mol. The van der Waals surface area contributed by atoms with Gasteiger partial charge in [0.1, 0.15) is 11.5 Å². The Balaban J connectivity index is 3.25. The number of phenols is 2. The lowest BCUT2D eigenvalue weighted by molar-refractivity contribution is -0.272. The summed E-state index contributed by atoms with van der Waals surface area (Å²) in [6.45, 7) is 0. The minimum atomic E-state index is -0.725. The van der Waals surface area contributed by atoms with Crippen LogP contribution in [0.15, 0.2) is 18.2 Å². The van der Waals surface area contributed by atoms with Crippen molar-refractivity contribution in [2.24, 2.45) is 0 Å². The van der Waals surface area contributed by atoms with E-state index in [9.17, 15) is 5.11 Å². The fourth-order valence-corrected chi connectivity index (χ4v) is 0.513. The molecular weight excluding hydrogens is 120 g/mol. The van der Waals surface area contributed by atoms with Crippen LogP contribution in [0.4, 0.5) is 0 Å². The van der Waals surface area contributed by atoms with E-state index in [-0.39, 0.29) is 0 Å². The second-order valence-corrected chi connectivity index (χ2v) is 1.63. The molecule has 0 atom stereocenters. The molecule has 0 spiro atoms. The predicted octanol–water partition coefficient (Wildman–Crippen LogP) is 0.171. The normalized spacial score (nSPS) is 9.33. The van der Waals surface area contributed by atoms with Crippen molar-refractivity contribution in [3.05, 3.63) is 18.2 Å². The minimum Gasteiger partial charge on any atom is -0.867 e. The first-order valence-corrected chi connectivity index (χ1v) is 2.40. The van der Waals surface area contributed by atoms with E-state index in [4.69, 9.17) is 10.2 Å². The molecule has 0 aliphatic rings. The Labute approximate surface area is 51.8 Å². The molecule has 0 saturated carbocycles. The fourth-order valence-electron chi connectivity index (χ4n) is 0.513. The monoisotopic (exact) mass is 125 g/mol. The summed E-state index contributed by atoms with van der Waals surface area (Å²) >= 11 is 0. The summed E-state index contributed by atoms with van der Waals surface area (Å²) in [7, 11) is 0. The molecule has 9 heavy (non-hydrogen) atoms. The molecule has 1 rings (SSSR count). The summed E-state index contributed by atoms with van der Waals surface area (Å²) in [5, 5.41) is 27.7. The molecule has 0 aromatic heterocycles. The number of hydrogen-bond donors (Lipinski definition) is 2. The molecule has 0 amide bonds. The number of phenolic OH excluding ortho intramolecular Hbond substituents is 2. The van der Waals surface area contributed by atoms with Crippen molar-refractivity contribution >= 4 is 0 Å². The van der Waals surface area contributed by atoms with Gasteiger partial charge in [0.05, 0.1) is 0 Å². The van der Waals surface area contributed by atoms with Gasteiger partial charge in [0.2, 0.25) is 0 Å². The third-order valence-electron chi connectivity index (χ3n) is 0.973. The predicted molar refractivity (Wildman–Crippen MR) is 29.2 cm³/mol. The first-order chi connectivity index (χ1) is 4.22. The molecule has 1 aromatic rings. The average Bonchev–Trinajstić information content (AvgIpc) is 1.83. The highest BCUT2D eigenvalue weighted by Crippen LogP contribution is 2.29. The van der Waals surface area contributed by atoms with Gasteiger partial charge in [-0.25, -0.2) is 0 Å². The first-order valence-electron chi connectivity index (χ1n) is 2.40. The molecule has 0 aliphatic carbocycles. The molecule has 48 valence electrons. The fraction of sp³-hybridized carbons (Fsp3) is 0. The Morgan fingerprint density at radius 1 is 1.11 bits per heavy atom. The Bertz CT molecular complexity index is 199. The van der Waals surface area contributed by atoms with Gasteiger partial charge in [-0.2, -0.15) is 0 Å². The zero-order chi connectivity index (χ0) is 6.85. The van der Waals surface area contributed by atoms with Crippen LogP contribution in [0, 0.1) is 0 Å². The molecule has 2 N–H and O–H groups in total. The van der Waals surface area contributed by atoms with E-state index in [0.29, 0.717) is 0 Å². The van der Waals surface area contributed by atoms with Crippen molar-refractivity contribution in [1.82, 2.24) is 0 Å². The van der Waals surface area contributed by atoms with E-state index >= 15 is 0 Å². The lowest BCUT2D eigenvalue weighted by atomic mass is 10.3. The third kappa shape index (κ3) is 0.887. The summed E-state index contributed by atoms with van der Waals surface area (Å²) in [6.07, 6.45) is 0. The highest BCUT2D eigenvalue weighted by atomic mass is 16.3. The number of aromatic hydroxyl groups is 2. The zero-order valence-electron chi connectivity index (χ0n) is 4.53. The van der Waals surface area contributed by atoms with Crippen LogP contribution >= 0.6 is 0 Å². The quantitative estimate of drug-likeness (QED) is 0.519. The third-order valence-corrected chi connectivity index (χ3v) is 0.973. The maximum Gasteiger partial charge on any atom is 0.111 e. The van der Waals surface area contributed by atoms with E-state index in [0.717, 1.165) is 0 Å². The zero-order valence-corrected chi connectivity index (χ0v) is 4.53. The van der Waals surface area contributed by atoms with E-state index in [2.05, 4.69) is 0 Å². The van der Waals surface area contributed by atoms with E-state index in [1.54, 1.807) is 0 Å². The van der Waals surface area contributed by atoms with Gasteiger partial charge in [-0.05, 0) is 17.9 Å². The van der Waals surface area contributed by atoms with Crippen LogP contribution < -0.4 is 5.11 Å². The lowest BCUT2D eigenvalue weighted by Gasteiger charge is -2.08. The van der Waals surface area contributed by atoms with Gasteiger partial charge in [0.25, 0.3) is 0 Å². The van der Waals surface area contributed by atoms with Crippen LogP contribution in [-0.4, -0.2) is 10.2 Å². The van der Waals surface area contributed by atoms with Crippen LogP contribution in [0.2, 0.25) is 0 Å². The van der Waals surface area contributed by atoms with Gasteiger partial charge in [-0.1, -0.05) is 6.07 Å². The molecule has 3 nitrogen and oxygen atoms in total. The molecule has 0 aliphatic heterocycles. The Morgan fingerprint density at radius 2 is 1.56 bits per heavy atom. The maximum absolute atomic E-state index is 10.5. The number of rotatable bonds is 0. The number of hydrogen-bond acceptors (Lipinski definition) is 3. The molecule has 0 fully saturated rings. The molecule has 0 radical (unpaired) electrons. The first kappa shape index (κ1) is 5.75. The van der Waals surface area contributed by atoms with Crippen molar-refractivity contribution in [2.45, 2.75) is 0 Å². The number of benzene rings is 1. The lowest BCUT2D eigenvalue weighted by Crippen LogP contribution is -1.89. The Hall–Kier alpha value is -1.38. The second kappa shape index (κ2) is 1.85. The van der Waals surface area contributed by atoms with Crippen molar-refractivity contribution in [3.8, 4) is 17.2 Å². The van der Waals surface area contributed by atoms with Gasteiger partial charge in [-0.15, -0.1) is 0 Å². The smallest absolute Gasteiger partial charge is 0.111 e. The summed E-state index contributed by atoms with van der Waals surface area (Å²) in [4.78, 5) is 0. The van der Waals surface area contributed by atoms with Gasteiger partial charge in [0.15, 0.2) is 0 Å². The molecular formula is C6H5O3-. The van der Waals surface area contributed by atoms with E-state index < -0.39 is 17.2 Å². The topological polar surface area (TPSA) is 63.5 Å². The van der Waals surface area contributed by atoms with Crippen LogP contribution in [-0.2, 0) is 0 Å². The van der Waals surface area contributed by atoms with Gasteiger partial charge in [-0.3, -0.25) is 0 Å². The molecule has 3 heteroatoms. The van der Waals surface area contributed by atoms with Crippen molar-refractivity contribution in [1.29, 1.82) is 0 Å². The standard InChI is InChI=1S/C6H6O3/c7-4-2-1-3-5(8)6(4)9/h1-3,7-9H/p-1. The molecule has 0 bridgehead atoms. The summed E-state index contributed by atoms with van der Waals surface area (Å²) < 4.78 is 0. The highest BCUT2D eigenvalue weighted by molar-refractivity contribution is 5.46. The Morgan fingerprint density at radius 3 is 1.89 bits per heavy atom. The second-order valence-electron chi connectivity index (χ2n) is 1.63. The molecule has 0 saturated heterocycles. The van der Waals surface area contributed by atoms with E-state index in [1.165, 1.54) is 18.2 Å². The van der Waals surface area contributed by atoms with Crippen LogP contribution in [0.3, 0.4) is 0 Å². The molecule has 0 unspecified atom stereocenters. The summed E-state index contributed by atoms with van der Waals surface area (Å²) in [5.74, 6) is -1.57. The van der Waals surface area contributed by atoms with E-state index in [1.807, 2.05) is 0 Å². The van der Waals surface area contributed by atoms with Crippen molar-refractivity contribution < 1.29 is 15.3 Å². The molecule has 1 aromatic carbocycles. The summed E-state index contributed by atoms with van der Waals surface area (Å²) in [6, 6.07) is 3.84. The maximum atomic E-state index is 10.5. The van der Waals surface area contributed by atoms with Crippen LogP contribution in [0.5, 0.6) is 17.2 Å². The SMILES string of the molecule is [O-]c1c(O)cccc1O. The highest BCUT2D eigenvalue weighted by Gasteiger charge is 1.91. The Kier molecular flexibility index (Phi) is 1.18. The minimum absolute atomic E-state index is 0.421. The van der Waals surface area contributed by atoms with Gasteiger partial charge >= 0.3 is 0 Å². The summed E-state index contributed by atoms with van der Waals surface area (Å²) in [5.41, 5.74) is 0. The largest absolute Gasteiger partial charge is 0.867 e. The van der Waals surface area contributed by atoms with Crippen molar-refractivity contribution in [3.63, 3.8) is 0 Å². The van der Waals surface area contributed by atoms with Crippen molar-refractivity contribution in [2.75, 3.05) is 0 Å². The number of para-hydroxylation sites is 1.